The van der Waals surface area contributed by atoms with E-state index in [1.807, 2.05) is 6.07 Å². The highest BCUT2D eigenvalue weighted by Gasteiger charge is 2.27. The third-order valence-corrected chi connectivity index (χ3v) is 5.09. The summed E-state index contributed by atoms with van der Waals surface area (Å²) in [4.78, 5) is 19.0. The quantitative estimate of drug-likeness (QED) is 0.708. The van der Waals surface area contributed by atoms with Gasteiger partial charge < -0.3 is 4.90 Å². The van der Waals surface area contributed by atoms with Crippen LogP contribution in [0.1, 0.15) is 24.8 Å². The number of thioether (sulfide) groups is 1. The lowest BCUT2D eigenvalue weighted by atomic mass is 10.1. The zero-order valence-corrected chi connectivity index (χ0v) is 13.6. The molecule has 0 aliphatic carbocycles. The standard InChI is InChI=1S/C15H14Cl2N2OS/c16-11-5-4-10(12(17)9-11)8-13-14(20)18-15(21-13)19-6-2-1-3-7-19/h4-5,8-9H,1-3,6-7H2/b13-8+. The van der Waals surface area contributed by atoms with E-state index < -0.39 is 0 Å². The van der Waals surface area contributed by atoms with Crippen LogP contribution in [-0.2, 0) is 4.79 Å². The Kier molecular flexibility index (Phi) is 4.57. The van der Waals surface area contributed by atoms with E-state index in [1.165, 1.54) is 18.2 Å². The summed E-state index contributed by atoms with van der Waals surface area (Å²) in [7, 11) is 0. The predicted molar refractivity (Wildman–Crippen MR) is 89.9 cm³/mol. The van der Waals surface area contributed by atoms with Gasteiger partial charge in [-0.2, -0.15) is 4.99 Å². The molecule has 0 aromatic heterocycles. The number of nitrogens with zero attached hydrogens (tertiary/aromatic N) is 2. The average Bonchev–Trinajstić information content (AvgIpc) is 2.84. The highest BCUT2D eigenvalue weighted by atomic mass is 35.5. The predicted octanol–water partition coefficient (Wildman–Crippen LogP) is 4.45. The molecule has 21 heavy (non-hydrogen) atoms. The average molecular weight is 341 g/mol. The van der Waals surface area contributed by atoms with Gasteiger partial charge in [0, 0.05) is 23.1 Å². The molecule has 1 fully saturated rings. The minimum absolute atomic E-state index is 0.188. The smallest absolute Gasteiger partial charge is 0.286 e. The molecule has 3 nitrogen and oxygen atoms in total. The van der Waals surface area contributed by atoms with Gasteiger partial charge in [-0.1, -0.05) is 29.3 Å². The van der Waals surface area contributed by atoms with E-state index >= 15 is 0 Å². The Labute approximate surface area is 138 Å². The summed E-state index contributed by atoms with van der Waals surface area (Å²) in [6.45, 7) is 1.96. The van der Waals surface area contributed by atoms with Crippen LogP contribution in [0.15, 0.2) is 28.1 Å². The van der Waals surface area contributed by atoms with E-state index in [1.54, 1.807) is 18.2 Å². The van der Waals surface area contributed by atoms with Crippen molar-refractivity contribution in [2.75, 3.05) is 13.1 Å². The van der Waals surface area contributed by atoms with Crippen molar-refractivity contribution < 1.29 is 4.79 Å². The zero-order chi connectivity index (χ0) is 14.8. The van der Waals surface area contributed by atoms with Crippen LogP contribution in [0.2, 0.25) is 10.0 Å². The number of likely N-dealkylation sites (tertiary alicyclic amines) is 1. The van der Waals surface area contributed by atoms with Crippen LogP contribution in [-0.4, -0.2) is 29.1 Å². The second-order valence-corrected chi connectivity index (χ2v) is 6.88. The van der Waals surface area contributed by atoms with Crippen molar-refractivity contribution in [2.24, 2.45) is 4.99 Å². The lowest BCUT2D eigenvalue weighted by Gasteiger charge is -2.27. The largest absolute Gasteiger partial charge is 0.351 e. The minimum Gasteiger partial charge on any atom is -0.351 e. The summed E-state index contributed by atoms with van der Waals surface area (Å²) in [5.41, 5.74) is 0.784. The number of benzene rings is 1. The first-order chi connectivity index (χ1) is 10.1. The first-order valence-corrected chi connectivity index (χ1v) is 8.43. The van der Waals surface area contributed by atoms with Crippen molar-refractivity contribution in [2.45, 2.75) is 19.3 Å². The second kappa shape index (κ2) is 6.42. The summed E-state index contributed by atoms with van der Waals surface area (Å²) in [6, 6.07) is 5.24. The van der Waals surface area contributed by atoms with Gasteiger partial charge in [0.15, 0.2) is 5.17 Å². The van der Waals surface area contributed by atoms with Gasteiger partial charge in [-0.05, 0) is 54.8 Å². The van der Waals surface area contributed by atoms with E-state index in [2.05, 4.69) is 9.89 Å². The Morgan fingerprint density at radius 1 is 1.19 bits per heavy atom. The topological polar surface area (TPSA) is 32.7 Å². The van der Waals surface area contributed by atoms with E-state index in [4.69, 9.17) is 23.2 Å². The highest BCUT2D eigenvalue weighted by molar-refractivity contribution is 8.18. The molecule has 3 rings (SSSR count). The van der Waals surface area contributed by atoms with Crippen molar-refractivity contribution in [3.05, 3.63) is 38.7 Å². The van der Waals surface area contributed by atoms with Crippen LogP contribution in [0.5, 0.6) is 0 Å². The Morgan fingerprint density at radius 3 is 2.67 bits per heavy atom. The molecular formula is C15H14Cl2N2OS. The molecule has 0 bridgehead atoms. The zero-order valence-electron chi connectivity index (χ0n) is 11.3. The molecule has 1 aromatic rings. The van der Waals surface area contributed by atoms with Crippen LogP contribution >= 0.6 is 35.0 Å². The number of carbonyl (C=O) groups is 1. The Bertz CT molecular complexity index is 637. The number of amides is 1. The van der Waals surface area contributed by atoms with Gasteiger partial charge in [0.25, 0.3) is 5.91 Å². The van der Waals surface area contributed by atoms with Crippen LogP contribution < -0.4 is 0 Å². The maximum atomic E-state index is 12.0. The normalized spacial score (nSPS) is 21.0. The first-order valence-electron chi connectivity index (χ1n) is 6.86. The lowest BCUT2D eigenvalue weighted by Crippen LogP contribution is -2.33. The molecule has 1 saturated heterocycles. The number of hydrogen-bond acceptors (Lipinski definition) is 3. The lowest BCUT2D eigenvalue weighted by molar-refractivity contribution is -0.113. The molecule has 0 radical (unpaired) electrons. The summed E-state index contributed by atoms with van der Waals surface area (Å²) in [5.74, 6) is -0.188. The van der Waals surface area contributed by atoms with Gasteiger partial charge in [0.1, 0.15) is 0 Å². The van der Waals surface area contributed by atoms with Gasteiger partial charge in [0.2, 0.25) is 0 Å². The maximum absolute atomic E-state index is 12.0. The maximum Gasteiger partial charge on any atom is 0.286 e. The molecule has 110 valence electrons. The fraction of sp³-hybridized carbons (Fsp3) is 0.333. The molecular weight excluding hydrogens is 327 g/mol. The number of aliphatic imine (C=N–C) groups is 1. The molecule has 0 N–H and O–H groups in total. The summed E-state index contributed by atoms with van der Waals surface area (Å²) in [5, 5.41) is 1.93. The molecule has 6 heteroatoms. The second-order valence-electron chi connectivity index (χ2n) is 5.02. The number of halogens is 2. The number of piperidine rings is 1. The Balaban J connectivity index is 1.79. The summed E-state index contributed by atoms with van der Waals surface area (Å²) >= 11 is 13.5. The number of rotatable bonds is 1. The molecule has 2 heterocycles. The van der Waals surface area contributed by atoms with Crippen molar-refractivity contribution in [1.29, 1.82) is 0 Å². The fourth-order valence-electron chi connectivity index (χ4n) is 2.38. The van der Waals surface area contributed by atoms with Gasteiger partial charge >= 0.3 is 0 Å². The van der Waals surface area contributed by atoms with E-state index in [0.29, 0.717) is 15.0 Å². The molecule has 0 atom stereocenters. The Morgan fingerprint density at radius 2 is 1.95 bits per heavy atom. The summed E-state index contributed by atoms with van der Waals surface area (Å²) < 4.78 is 0. The molecule has 2 aliphatic heterocycles. The number of hydrogen-bond donors (Lipinski definition) is 0. The number of amidine groups is 1. The van der Waals surface area contributed by atoms with Crippen LogP contribution in [0, 0.1) is 0 Å². The first kappa shape index (κ1) is 14.9. The van der Waals surface area contributed by atoms with Crippen molar-refractivity contribution in [3.8, 4) is 0 Å². The fourth-order valence-corrected chi connectivity index (χ4v) is 3.80. The molecule has 0 saturated carbocycles. The SMILES string of the molecule is O=C1N=C(N2CCCCC2)S/C1=C/c1ccc(Cl)cc1Cl. The van der Waals surface area contributed by atoms with Crippen LogP contribution in [0.3, 0.4) is 0 Å². The van der Waals surface area contributed by atoms with E-state index in [9.17, 15) is 4.79 Å². The van der Waals surface area contributed by atoms with E-state index in [0.717, 1.165) is 36.7 Å². The molecule has 1 amide bonds. The van der Waals surface area contributed by atoms with Gasteiger partial charge in [-0.25, -0.2) is 0 Å². The molecule has 1 aromatic carbocycles. The van der Waals surface area contributed by atoms with Gasteiger partial charge in [-0.15, -0.1) is 0 Å². The third-order valence-electron chi connectivity index (χ3n) is 3.48. The van der Waals surface area contributed by atoms with Gasteiger partial charge in [-0.3, -0.25) is 4.79 Å². The van der Waals surface area contributed by atoms with Crippen molar-refractivity contribution in [1.82, 2.24) is 4.90 Å². The van der Waals surface area contributed by atoms with Crippen molar-refractivity contribution >= 4 is 52.1 Å². The van der Waals surface area contributed by atoms with Gasteiger partial charge in [0.05, 0.1) is 4.91 Å². The van der Waals surface area contributed by atoms with Crippen LogP contribution in [0.25, 0.3) is 6.08 Å². The monoisotopic (exact) mass is 340 g/mol. The molecule has 2 aliphatic rings. The van der Waals surface area contributed by atoms with E-state index in [-0.39, 0.29) is 5.91 Å². The Hall–Kier alpha value is -0.970. The van der Waals surface area contributed by atoms with Crippen molar-refractivity contribution in [3.63, 3.8) is 0 Å². The van der Waals surface area contributed by atoms with Crippen LogP contribution in [0.4, 0.5) is 0 Å². The summed E-state index contributed by atoms with van der Waals surface area (Å²) in [6.07, 6.45) is 5.36. The minimum atomic E-state index is -0.188. The molecule has 0 unspecified atom stereocenters. The third kappa shape index (κ3) is 3.44. The molecule has 0 spiro atoms. The highest BCUT2D eigenvalue weighted by Crippen LogP contribution is 2.33. The number of carbonyl (C=O) groups excluding carboxylic acids is 1.